The summed E-state index contributed by atoms with van der Waals surface area (Å²) in [4.78, 5) is 16.6. The SMILES string of the molecule is O=C(NCC[C@H]1CCCC[C@H]1O)c1ccnc(-n2cccc2)c1. The highest BCUT2D eigenvalue weighted by molar-refractivity contribution is 5.94. The molecule has 1 aliphatic carbocycles. The summed E-state index contributed by atoms with van der Waals surface area (Å²) in [5.74, 6) is 0.952. The Morgan fingerprint density at radius 2 is 2.09 bits per heavy atom. The van der Waals surface area contributed by atoms with Crippen LogP contribution in [0.1, 0.15) is 42.5 Å². The lowest BCUT2D eigenvalue weighted by molar-refractivity contribution is 0.0643. The van der Waals surface area contributed by atoms with E-state index in [2.05, 4.69) is 10.3 Å². The summed E-state index contributed by atoms with van der Waals surface area (Å²) in [7, 11) is 0. The van der Waals surface area contributed by atoms with Crippen LogP contribution in [-0.4, -0.2) is 33.2 Å². The minimum atomic E-state index is -0.207. The summed E-state index contributed by atoms with van der Waals surface area (Å²) in [5, 5.41) is 12.9. The van der Waals surface area contributed by atoms with E-state index >= 15 is 0 Å². The van der Waals surface area contributed by atoms with Crippen LogP contribution in [0.4, 0.5) is 0 Å². The van der Waals surface area contributed by atoms with Crippen LogP contribution in [0.5, 0.6) is 0 Å². The Balaban J connectivity index is 1.55. The minimum Gasteiger partial charge on any atom is -0.393 e. The molecule has 2 aromatic rings. The number of aliphatic hydroxyl groups excluding tert-OH is 1. The first-order valence-corrected chi connectivity index (χ1v) is 8.30. The molecule has 23 heavy (non-hydrogen) atoms. The number of pyridine rings is 1. The van der Waals surface area contributed by atoms with Gasteiger partial charge in [0.25, 0.3) is 5.91 Å². The second-order valence-corrected chi connectivity index (χ2v) is 6.15. The second-order valence-electron chi connectivity index (χ2n) is 6.15. The minimum absolute atomic E-state index is 0.0916. The second kappa shape index (κ2) is 7.42. The van der Waals surface area contributed by atoms with Crippen molar-refractivity contribution >= 4 is 5.91 Å². The molecule has 0 unspecified atom stereocenters. The summed E-state index contributed by atoms with van der Waals surface area (Å²) in [5.41, 5.74) is 0.605. The van der Waals surface area contributed by atoms with Crippen molar-refractivity contribution in [3.63, 3.8) is 0 Å². The molecule has 0 bridgehead atoms. The fraction of sp³-hybridized carbons (Fsp3) is 0.444. The van der Waals surface area contributed by atoms with Gasteiger partial charge in [0, 0.05) is 30.7 Å². The molecule has 3 rings (SSSR count). The van der Waals surface area contributed by atoms with Gasteiger partial charge in [-0.2, -0.15) is 0 Å². The van der Waals surface area contributed by atoms with Crippen LogP contribution in [0, 0.1) is 5.92 Å². The zero-order valence-corrected chi connectivity index (χ0v) is 13.2. The van der Waals surface area contributed by atoms with Crippen molar-refractivity contribution in [3.05, 3.63) is 48.4 Å². The van der Waals surface area contributed by atoms with Crippen LogP contribution in [0.15, 0.2) is 42.9 Å². The molecule has 0 aromatic carbocycles. The maximum Gasteiger partial charge on any atom is 0.251 e. The zero-order chi connectivity index (χ0) is 16.1. The number of nitrogens with one attached hydrogen (secondary N) is 1. The van der Waals surface area contributed by atoms with Gasteiger partial charge in [0.05, 0.1) is 6.10 Å². The molecule has 0 aliphatic heterocycles. The van der Waals surface area contributed by atoms with Gasteiger partial charge in [0.2, 0.25) is 0 Å². The Kier molecular flexibility index (Phi) is 5.08. The highest BCUT2D eigenvalue weighted by Gasteiger charge is 2.22. The molecule has 0 saturated heterocycles. The van der Waals surface area contributed by atoms with E-state index in [0.717, 1.165) is 31.5 Å². The van der Waals surface area contributed by atoms with Crippen LogP contribution in [0.3, 0.4) is 0 Å². The van der Waals surface area contributed by atoms with Gasteiger partial charge in [-0.3, -0.25) is 4.79 Å². The van der Waals surface area contributed by atoms with Gasteiger partial charge in [0.1, 0.15) is 5.82 Å². The van der Waals surface area contributed by atoms with Crippen LogP contribution < -0.4 is 5.32 Å². The Morgan fingerprint density at radius 1 is 1.30 bits per heavy atom. The largest absolute Gasteiger partial charge is 0.393 e. The molecular weight excluding hydrogens is 290 g/mol. The molecule has 1 aliphatic rings. The number of amides is 1. The van der Waals surface area contributed by atoms with Gasteiger partial charge in [-0.1, -0.05) is 12.8 Å². The van der Waals surface area contributed by atoms with Crippen molar-refractivity contribution in [1.29, 1.82) is 0 Å². The summed E-state index contributed by atoms with van der Waals surface area (Å²) >= 11 is 0. The number of carbonyl (C=O) groups excluding carboxylic acids is 1. The predicted octanol–water partition coefficient (Wildman–Crippen LogP) is 2.54. The summed E-state index contributed by atoms with van der Waals surface area (Å²) in [6.07, 6.45) is 10.3. The predicted molar refractivity (Wildman–Crippen MR) is 88.5 cm³/mol. The third-order valence-corrected chi connectivity index (χ3v) is 4.55. The van der Waals surface area contributed by atoms with Crippen molar-refractivity contribution in [1.82, 2.24) is 14.9 Å². The van der Waals surface area contributed by atoms with Crippen molar-refractivity contribution in [3.8, 4) is 5.82 Å². The van der Waals surface area contributed by atoms with E-state index in [1.807, 2.05) is 29.1 Å². The molecule has 122 valence electrons. The molecule has 1 amide bonds. The fourth-order valence-electron chi connectivity index (χ4n) is 3.19. The van der Waals surface area contributed by atoms with Gasteiger partial charge in [-0.15, -0.1) is 0 Å². The third-order valence-electron chi connectivity index (χ3n) is 4.55. The van der Waals surface area contributed by atoms with Gasteiger partial charge >= 0.3 is 0 Å². The number of aliphatic hydroxyl groups is 1. The number of hydrogen-bond donors (Lipinski definition) is 2. The monoisotopic (exact) mass is 313 g/mol. The number of hydrogen-bond acceptors (Lipinski definition) is 3. The first-order valence-electron chi connectivity index (χ1n) is 8.30. The average molecular weight is 313 g/mol. The summed E-state index contributed by atoms with van der Waals surface area (Å²) < 4.78 is 1.87. The van der Waals surface area contributed by atoms with Gasteiger partial charge in [-0.25, -0.2) is 4.98 Å². The Hall–Kier alpha value is -2.14. The number of aromatic nitrogens is 2. The van der Waals surface area contributed by atoms with Crippen LogP contribution in [0.2, 0.25) is 0 Å². The molecule has 5 nitrogen and oxygen atoms in total. The third kappa shape index (κ3) is 3.99. The topological polar surface area (TPSA) is 67.2 Å². The normalized spacial score (nSPS) is 21.1. The maximum atomic E-state index is 12.3. The molecule has 1 saturated carbocycles. The van der Waals surface area contributed by atoms with E-state index in [1.54, 1.807) is 18.3 Å². The van der Waals surface area contributed by atoms with E-state index < -0.39 is 0 Å². The van der Waals surface area contributed by atoms with Gasteiger partial charge < -0.3 is 15.0 Å². The van der Waals surface area contributed by atoms with Crippen LogP contribution in [-0.2, 0) is 0 Å². The first kappa shape index (κ1) is 15.7. The fourth-order valence-corrected chi connectivity index (χ4v) is 3.19. The quantitative estimate of drug-likeness (QED) is 0.891. The highest BCUT2D eigenvalue weighted by atomic mass is 16.3. The molecule has 2 aromatic heterocycles. The van der Waals surface area contributed by atoms with Crippen LogP contribution in [0.25, 0.3) is 5.82 Å². The van der Waals surface area contributed by atoms with E-state index in [4.69, 9.17) is 0 Å². The average Bonchev–Trinajstić information content (AvgIpc) is 3.11. The first-order chi connectivity index (χ1) is 11.2. The van der Waals surface area contributed by atoms with E-state index in [1.165, 1.54) is 6.42 Å². The Labute approximate surface area is 136 Å². The molecule has 2 N–H and O–H groups in total. The summed E-state index contributed by atoms with van der Waals surface area (Å²) in [6.45, 7) is 0.599. The van der Waals surface area contributed by atoms with Crippen molar-refractivity contribution in [2.24, 2.45) is 5.92 Å². The molecule has 0 radical (unpaired) electrons. The Bertz CT molecular complexity index is 639. The standard InChI is InChI=1S/C18H23N3O2/c22-16-6-2-1-5-14(16)7-10-20-18(23)15-8-9-19-17(13-15)21-11-3-4-12-21/h3-4,8-9,11-14,16,22H,1-2,5-7,10H2,(H,20,23)/t14-,16-/m1/s1. The number of rotatable bonds is 5. The molecule has 1 fully saturated rings. The maximum absolute atomic E-state index is 12.3. The molecule has 5 heteroatoms. The number of nitrogens with zero attached hydrogens (tertiary/aromatic N) is 2. The van der Waals surface area contributed by atoms with Gasteiger partial charge in [0.15, 0.2) is 0 Å². The lowest BCUT2D eigenvalue weighted by Gasteiger charge is -2.27. The Morgan fingerprint density at radius 3 is 2.87 bits per heavy atom. The molecule has 2 atom stereocenters. The highest BCUT2D eigenvalue weighted by Crippen LogP contribution is 2.26. The lowest BCUT2D eigenvalue weighted by atomic mass is 9.84. The van der Waals surface area contributed by atoms with E-state index in [0.29, 0.717) is 18.0 Å². The summed E-state index contributed by atoms with van der Waals surface area (Å²) in [6, 6.07) is 7.34. The molecular formula is C18H23N3O2. The smallest absolute Gasteiger partial charge is 0.251 e. The van der Waals surface area contributed by atoms with Crippen molar-refractivity contribution < 1.29 is 9.90 Å². The van der Waals surface area contributed by atoms with E-state index in [9.17, 15) is 9.90 Å². The van der Waals surface area contributed by atoms with Gasteiger partial charge in [-0.05, 0) is 49.4 Å². The number of carbonyl (C=O) groups is 1. The van der Waals surface area contributed by atoms with Crippen LogP contribution >= 0.6 is 0 Å². The van der Waals surface area contributed by atoms with Crippen molar-refractivity contribution in [2.75, 3.05) is 6.54 Å². The lowest BCUT2D eigenvalue weighted by Crippen LogP contribution is -2.31. The van der Waals surface area contributed by atoms with E-state index in [-0.39, 0.29) is 12.0 Å². The van der Waals surface area contributed by atoms with Crippen molar-refractivity contribution in [2.45, 2.75) is 38.2 Å². The zero-order valence-electron chi connectivity index (χ0n) is 13.2. The molecule has 2 heterocycles. The molecule has 0 spiro atoms.